The Morgan fingerprint density at radius 1 is 1.32 bits per heavy atom. The molecule has 2 aromatic rings. The molecule has 0 amide bonds. The lowest BCUT2D eigenvalue weighted by molar-refractivity contribution is 0.146. The number of guanidine groups is 1. The topological polar surface area (TPSA) is 63.9 Å². The third kappa shape index (κ3) is 6.27. The van der Waals surface area contributed by atoms with Crippen molar-refractivity contribution in [3.8, 4) is 5.75 Å². The number of aryl methyl sites for hydroxylation is 1. The van der Waals surface area contributed by atoms with Gasteiger partial charge < -0.3 is 19.7 Å². The summed E-state index contributed by atoms with van der Waals surface area (Å²) in [5.74, 6) is 2.07. The zero-order chi connectivity index (χ0) is 20.5. The largest absolute Gasteiger partial charge is 0.491 e. The zero-order valence-corrected chi connectivity index (χ0v) is 17.9. The fourth-order valence-electron chi connectivity index (χ4n) is 3.05. The summed E-state index contributed by atoms with van der Waals surface area (Å²) in [6, 6.07) is 8.06. The molecule has 0 fully saturated rings. The van der Waals surface area contributed by atoms with Crippen LogP contribution in [0.15, 0.2) is 35.5 Å². The molecule has 0 radical (unpaired) electrons. The van der Waals surface area contributed by atoms with Gasteiger partial charge >= 0.3 is 0 Å². The molecule has 28 heavy (non-hydrogen) atoms. The van der Waals surface area contributed by atoms with Gasteiger partial charge in [0.25, 0.3) is 0 Å². The normalized spacial score (nSPS) is 11.8. The highest BCUT2D eigenvalue weighted by atomic mass is 16.5. The van der Waals surface area contributed by atoms with Gasteiger partial charge in [0.05, 0.1) is 12.3 Å². The van der Waals surface area contributed by atoms with E-state index >= 15 is 0 Å². The summed E-state index contributed by atoms with van der Waals surface area (Å²) in [7, 11) is 7.47. The van der Waals surface area contributed by atoms with Crippen LogP contribution in [0.1, 0.15) is 36.6 Å². The van der Waals surface area contributed by atoms with Crippen molar-refractivity contribution in [1.29, 1.82) is 0 Å². The zero-order valence-electron chi connectivity index (χ0n) is 17.9. The SMILES string of the molecule is CN=C(NCc1cccc(OCCOC)c1)N(C)Cc1cn(C)nc1C(C)C. The molecular weight excluding hydrogens is 354 g/mol. The highest BCUT2D eigenvalue weighted by Gasteiger charge is 2.15. The third-order valence-electron chi connectivity index (χ3n) is 4.37. The van der Waals surface area contributed by atoms with Gasteiger partial charge in [-0.15, -0.1) is 0 Å². The van der Waals surface area contributed by atoms with Crippen LogP contribution in [0, 0.1) is 0 Å². The molecule has 0 aliphatic rings. The maximum Gasteiger partial charge on any atom is 0.193 e. The lowest BCUT2D eigenvalue weighted by Gasteiger charge is -2.22. The number of rotatable bonds is 9. The fourth-order valence-corrected chi connectivity index (χ4v) is 3.05. The first-order valence-electron chi connectivity index (χ1n) is 9.59. The summed E-state index contributed by atoms with van der Waals surface area (Å²) in [6.07, 6.45) is 2.08. The second-order valence-electron chi connectivity index (χ2n) is 7.11. The highest BCUT2D eigenvalue weighted by molar-refractivity contribution is 5.79. The van der Waals surface area contributed by atoms with E-state index in [4.69, 9.17) is 9.47 Å². The van der Waals surface area contributed by atoms with Gasteiger partial charge in [-0.25, -0.2) is 0 Å². The van der Waals surface area contributed by atoms with E-state index in [2.05, 4.69) is 46.4 Å². The predicted octanol–water partition coefficient (Wildman–Crippen LogP) is 2.78. The highest BCUT2D eigenvalue weighted by Crippen LogP contribution is 2.18. The molecule has 0 saturated carbocycles. The maximum absolute atomic E-state index is 5.68. The number of nitrogens with one attached hydrogen (secondary N) is 1. The lowest BCUT2D eigenvalue weighted by atomic mass is 10.1. The molecular formula is C21H33N5O2. The van der Waals surface area contributed by atoms with Gasteiger partial charge in [0, 0.05) is 53.1 Å². The van der Waals surface area contributed by atoms with Crippen LogP contribution in [0.4, 0.5) is 0 Å². The van der Waals surface area contributed by atoms with E-state index in [1.165, 1.54) is 5.56 Å². The average Bonchev–Trinajstić information content (AvgIpc) is 3.03. The van der Waals surface area contributed by atoms with Crippen LogP contribution >= 0.6 is 0 Å². The first kappa shape index (κ1) is 21.8. The molecule has 1 heterocycles. The minimum atomic E-state index is 0.389. The van der Waals surface area contributed by atoms with Gasteiger partial charge in [-0.1, -0.05) is 26.0 Å². The molecule has 0 unspecified atom stereocenters. The molecule has 1 aromatic carbocycles. The number of nitrogens with zero attached hydrogens (tertiary/aromatic N) is 4. The van der Waals surface area contributed by atoms with Crippen molar-refractivity contribution in [3.05, 3.63) is 47.3 Å². The summed E-state index contributed by atoms with van der Waals surface area (Å²) in [4.78, 5) is 6.53. The van der Waals surface area contributed by atoms with E-state index in [0.717, 1.165) is 29.5 Å². The number of hydrogen-bond donors (Lipinski definition) is 1. The van der Waals surface area contributed by atoms with Crippen molar-refractivity contribution >= 4 is 5.96 Å². The van der Waals surface area contributed by atoms with Crippen LogP contribution in [-0.2, 0) is 24.9 Å². The van der Waals surface area contributed by atoms with Gasteiger partial charge in [-0.05, 0) is 23.6 Å². The second-order valence-corrected chi connectivity index (χ2v) is 7.11. The van der Waals surface area contributed by atoms with Crippen LogP contribution in [0.2, 0.25) is 0 Å². The standard InChI is InChI=1S/C21H33N5O2/c1-16(2)20-18(15-26(5)24-20)14-25(4)21(22-3)23-13-17-8-7-9-19(12-17)28-11-10-27-6/h7-9,12,15-16H,10-11,13-14H2,1-6H3,(H,22,23). The van der Waals surface area contributed by atoms with Crippen molar-refractivity contribution < 1.29 is 9.47 Å². The summed E-state index contributed by atoms with van der Waals surface area (Å²) in [6.45, 7) is 6.87. The monoisotopic (exact) mass is 387 g/mol. The maximum atomic E-state index is 5.68. The number of benzene rings is 1. The Morgan fingerprint density at radius 2 is 2.11 bits per heavy atom. The minimum Gasteiger partial charge on any atom is -0.491 e. The Bertz CT molecular complexity index is 770. The van der Waals surface area contributed by atoms with E-state index in [1.54, 1.807) is 14.2 Å². The quantitative estimate of drug-likeness (QED) is 0.407. The number of hydrogen-bond acceptors (Lipinski definition) is 4. The van der Waals surface area contributed by atoms with Gasteiger partial charge in [0.2, 0.25) is 0 Å². The molecule has 0 spiro atoms. The third-order valence-corrected chi connectivity index (χ3v) is 4.37. The van der Waals surface area contributed by atoms with Crippen LogP contribution in [0.5, 0.6) is 5.75 Å². The molecule has 1 N–H and O–H groups in total. The Morgan fingerprint density at radius 3 is 2.79 bits per heavy atom. The number of ether oxygens (including phenoxy) is 2. The van der Waals surface area contributed by atoms with Crippen molar-refractivity contribution in [3.63, 3.8) is 0 Å². The molecule has 1 aromatic heterocycles. The van der Waals surface area contributed by atoms with E-state index in [0.29, 0.717) is 25.7 Å². The Balaban J connectivity index is 1.96. The van der Waals surface area contributed by atoms with Crippen LogP contribution < -0.4 is 10.1 Å². The molecule has 7 heteroatoms. The van der Waals surface area contributed by atoms with Gasteiger partial charge in [0.1, 0.15) is 12.4 Å². The first-order chi connectivity index (χ1) is 13.4. The summed E-state index contributed by atoms with van der Waals surface area (Å²) in [5.41, 5.74) is 3.48. The summed E-state index contributed by atoms with van der Waals surface area (Å²) < 4.78 is 12.6. The van der Waals surface area contributed by atoms with E-state index in [-0.39, 0.29) is 0 Å². The smallest absolute Gasteiger partial charge is 0.193 e. The van der Waals surface area contributed by atoms with E-state index in [9.17, 15) is 0 Å². The molecule has 0 bridgehead atoms. The molecule has 0 aliphatic carbocycles. The summed E-state index contributed by atoms with van der Waals surface area (Å²) in [5, 5.41) is 8.01. The molecule has 154 valence electrons. The van der Waals surface area contributed by atoms with Crippen molar-refractivity contribution in [2.45, 2.75) is 32.9 Å². The average molecular weight is 388 g/mol. The van der Waals surface area contributed by atoms with Crippen molar-refractivity contribution in [2.75, 3.05) is 34.4 Å². The lowest BCUT2D eigenvalue weighted by Crippen LogP contribution is -2.38. The van der Waals surface area contributed by atoms with Gasteiger partial charge in [0.15, 0.2) is 5.96 Å². The minimum absolute atomic E-state index is 0.389. The molecule has 2 rings (SSSR count). The van der Waals surface area contributed by atoms with Crippen molar-refractivity contribution in [1.82, 2.24) is 20.0 Å². The van der Waals surface area contributed by atoms with E-state index in [1.807, 2.05) is 37.0 Å². The number of methoxy groups -OCH3 is 1. The summed E-state index contributed by atoms with van der Waals surface area (Å²) >= 11 is 0. The molecule has 0 saturated heterocycles. The van der Waals surface area contributed by atoms with E-state index < -0.39 is 0 Å². The Labute approximate surface area is 168 Å². The molecule has 0 aliphatic heterocycles. The molecule has 7 nitrogen and oxygen atoms in total. The number of aliphatic imine (C=N–C) groups is 1. The Kier molecular flexibility index (Phi) is 8.32. The molecule has 0 atom stereocenters. The van der Waals surface area contributed by atoms with Crippen LogP contribution in [0.25, 0.3) is 0 Å². The van der Waals surface area contributed by atoms with Crippen LogP contribution in [-0.4, -0.2) is 55.1 Å². The fraction of sp³-hybridized carbons (Fsp3) is 0.524. The van der Waals surface area contributed by atoms with Gasteiger partial charge in [-0.3, -0.25) is 9.67 Å². The predicted molar refractivity (Wildman–Crippen MR) is 113 cm³/mol. The van der Waals surface area contributed by atoms with Crippen LogP contribution in [0.3, 0.4) is 0 Å². The second kappa shape index (κ2) is 10.7. The number of aromatic nitrogens is 2. The van der Waals surface area contributed by atoms with Crippen molar-refractivity contribution in [2.24, 2.45) is 12.0 Å². The Hall–Kier alpha value is -2.54. The first-order valence-corrected chi connectivity index (χ1v) is 9.59. The van der Waals surface area contributed by atoms with Gasteiger partial charge in [-0.2, -0.15) is 5.10 Å².